The number of hydrogen-bond acceptors (Lipinski definition) is 3. The van der Waals surface area contributed by atoms with E-state index in [0.717, 1.165) is 10.8 Å². The minimum absolute atomic E-state index is 0.447. The van der Waals surface area contributed by atoms with Gasteiger partial charge in [-0.25, -0.2) is 4.79 Å². The molecular weight excluding hydrogens is 304 g/mol. The quantitative estimate of drug-likeness (QED) is 0.771. The molecule has 0 atom stereocenters. The molecule has 0 unspecified atom stereocenters. The molecule has 5 heteroatoms. The first-order valence-corrected chi connectivity index (χ1v) is 7.42. The van der Waals surface area contributed by atoms with Gasteiger partial charge in [-0.15, -0.1) is 0 Å². The molecule has 3 aromatic rings. The summed E-state index contributed by atoms with van der Waals surface area (Å²) in [5.74, 6) is 0.0597. The summed E-state index contributed by atoms with van der Waals surface area (Å²) in [5, 5.41) is 6.69. The van der Waals surface area contributed by atoms with Crippen molar-refractivity contribution in [3.63, 3.8) is 0 Å². The number of urea groups is 1. The Morgan fingerprint density at radius 1 is 0.875 bits per heavy atom. The number of benzene rings is 3. The van der Waals surface area contributed by atoms with Crippen LogP contribution in [-0.4, -0.2) is 19.0 Å². The molecule has 3 amide bonds. The Morgan fingerprint density at radius 2 is 1.58 bits per heavy atom. The second-order valence-corrected chi connectivity index (χ2v) is 5.14. The third kappa shape index (κ3) is 3.20. The van der Waals surface area contributed by atoms with E-state index in [1.165, 1.54) is 7.11 Å². The van der Waals surface area contributed by atoms with Gasteiger partial charge < -0.3 is 10.1 Å². The van der Waals surface area contributed by atoms with Gasteiger partial charge in [0.05, 0.1) is 12.8 Å². The van der Waals surface area contributed by atoms with Gasteiger partial charge in [0.25, 0.3) is 5.91 Å². The van der Waals surface area contributed by atoms with Gasteiger partial charge in [-0.05, 0) is 29.0 Å². The molecule has 0 aliphatic carbocycles. The van der Waals surface area contributed by atoms with Crippen molar-refractivity contribution in [2.24, 2.45) is 0 Å². The van der Waals surface area contributed by atoms with Crippen molar-refractivity contribution in [3.8, 4) is 5.75 Å². The van der Waals surface area contributed by atoms with Crippen molar-refractivity contribution in [3.05, 3.63) is 72.3 Å². The zero-order chi connectivity index (χ0) is 16.9. The van der Waals surface area contributed by atoms with Gasteiger partial charge in [-0.3, -0.25) is 10.1 Å². The summed E-state index contributed by atoms with van der Waals surface area (Å²) in [5.41, 5.74) is 0.937. The number of nitrogens with one attached hydrogen (secondary N) is 2. The molecule has 5 nitrogen and oxygen atoms in total. The van der Waals surface area contributed by atoms with Gasteiger partial charge in [0, 0.05) is 5.56 Å². The summed E-state index contributed by atoms with van der Waals surface area (Å²) in [6.07, 6.45) is 0. The Hall–Kier alpha value is -3.34. The van der Waals surface area contributed by atoms with Gasteiger partial charge in [-0.1, -0.05) is 48.5 Å². The van der Waals surface area contributed by atoms with Crippen LogP contribution >= 0.6 is 0 Å². The molecule has 24 heavy (non-hydrogen) atoms. The maximum Gasteiger partial charge on any atom is 0.326 e. The molecule has 3 rings (SSSR count). The van der Waals surface area contributed by atoms with Crippen LogP contribution in [-0.2, 0) is 0 Å². The fourth-order valence-electron chi connectivity index (χ4n) is 2.50. The lowest BCUT2D eigenvalue weighted by Gasteiger charge is -2.11. The van der Waals surface area contributed by atoms with Gasteiger partial charge in [0.1, 0.15) is 5.75 Å². The Morgan fingerprint density at radius 3 is 2.42 bits per heavy atom. The highest BCUT2D eigenvalue weighted by Crippen LogP contribution is 2.23. The van der Waals surface area contributed by atoms with Gasteiger partial charge in [0.2, 0.25) is 0 Å². The van der Waals surface area contributed by atoms with Gasteiger partial charge in [-0.2, -0.15) is 0 Å². The third-order valence-electron chi connectivity index (χ3n) is 3.62. The Balaban J connectivity index is 1.78. The van der Waals surface area contributed by atoms with E-state index in [4.69, 9.17) is 4.74 Å². The van der Waals surface area contributed by atoms with Crippen molar-refractivity contribution in [2.45, 2.75) is 0 Å². The van der Waals surface area contributed by atoms with E-state index in [-0.39, 0.29) is 0 Å². The summed E-state index contributed by atoms with van der Waals surface area (Å²) in [4.78, 5) is 24.5. The van der Waals surface area contributed by atoms with Crippen molar-refractivity contribution in [1.29, 1.82) is 0 Å². The molecule has 3 aromatic carbocycles. The molecular formula is C19H16N2O3. The predicted octanol–water partition coefficient (Wildman–Crippen LogP) is 3.81. The van der Waals surface area contributed by atoms with Crippen LogP contribution in [0.4, 0.5) is 10.5 Å². The van der Waals surface area contributed by atoms with E-state index in [2.05, 4.69) is 10.6 Å². The lowest BCUT2D eigenvalue weighted by atomic mass is 10.0. The van der Waals surface area contributed by atoms with Crippen molar-refractivity contribution in [2.75, 3.05) is 12.4 Å². The minimum atomic E-state index is -0.613. The highest BCUT2D eigenvalue weighted by atomic mass is 16.5. The predicted molar refractivity (Wildman–Crippen MR) is 93.4 cm³/mol. The Bertz CT molecular complexity index is 901. The van der Waals surface area contributed by atoms with Crippen LogP contribution < -0.4 is 15.4 Å². The van der Waals surface area contributed by atoms with Crippen molar-refractivity contribution >= 4 is 28.4 Å². The number of ether oxygens (including phenoxy) is 1. The zero-order valence-electron chi connectivity index (χ0n) is 13.1. The highest BCUT2D eigenvalue weighted by Gasteiger charge is 2.14. The summed E-state index contributed by atoms with van der Waals surface area (Å²) in [6.45, 7) is 0. The summed E-state index contributed by atoms with van der Waals surface area (Å²) in [7, 11) is 1.51. The molecule has 0 saturated heterocycles. The number of carbonyl (C=O) groups is 2. The lowest BCUT2D eigenvalue weighted by Crippen LogP contribution is -2.34. The minimum Gasteiger partial charge on any atom is -0.495 e. The number of imide groups is 1. The first-order valence-electron chi connectivity index (χ1n) is 7.42. The molecule has 0 aliphatic heterocycles. The first-order chi connectivity index (χ1) is 11.7. The number of anilines is 1. The fourth-order valence-corrected chi connectivity index (χ4v) is 2.50. The molecule has 0 radical (unpaired) electrons. The Kier molecular flexibility index (Phi) is 4.43. The normalized spacial score (nSPS) is 10.2. The monoisotopic (exact) mass is 320 g/mol. The van der Waals surface area contributed by atoms with E-state index >= 15 is 0 Å². The van der Waals surface area contributed by atoms with E-state index in [1.54, 1.807) is 36.4 Å². The summed E-state index contributed by atoms with van der Waals surface area (Å²) in [6, 6.07) is 19.3. The maximum atomic E-state index is 12.4. The number of carbonyl (C=O) groups excluding carboxylic acids is 2. The average Bonchev–Trinajstić information content (AvgIpc) is 2.61. The molecule has 0 fully saturated rings. The second-order valence-electron chi connectivity index (χ2n) is 5.14. The number of amides is 3. The molecule has 0 spiro atoms. The molecule has 0 aliphatic rings. The third-order valence-corrected chi connectivity index (χ3v) is 3.62. The number of hydrogen-bond donors (Lipinski definition) is 2. The van der Waals surface area contributed by atoms with E-state index < -0.39 is 11.9 Å². The van der Waals surface area contributed by atoms with Crippen LogP contribution in [0.3, 0.4) is 0 Å². The van der Waals surface area contributed by atoms with Crippen LogP contribution in [0.2, 0.25) is 0 Å². The average molecular weight is 320 g/mol. The molecule has 0 bridgehead atoms. The van der Waals surface area contributed by atoms with Crippen LogP contribution in [0.5, 0.6) is 5.75 Å². The van der Waals surface area contributed by atoms with E-state index in [1.807, 2.05) is 30.3 Å². The first kappa shape index (κ1) is 15.6. The van der Waals surface area contributed by atoms with Crippen LogP contribution in [0.25, 0.3) is 10.8 Å². The molecule has 0 heterocycles. The van der Waals surface area contributed by atoms with Crippen LogP contribution in [0, 0.1) is 0 Å². The summed E-state index contributed by atoms with van der Waals surface area (Å²) < 4.78 is 5.17. The fraction of sp³-hybridized carbons (Fsp3) is 0.0526. The van der Waals surface area contributed by atoms with Crippen LogP contribution in [0.15, 0.2) is 66.7 Å². The lowest BCUT2D eigenvalue weighted by molar-refractivity contribution is 0.0968. The summed E-state index contributed by atoms with van der Waals surface area (Å²) >= 11 is 0. The number of rotatable bonds is 3. The van der Waals surface area contributed by atoms with Crippen molar-refractivity contribution < 1.29 is 14.3 Å². The standard InChI is InChI=1S/C19H16N2O3/c1-24-17-12-5-4-11-16(17)20-19(23)21-18(22)15-10-6-8-13-7-2-3-9-14(13)15/h2-12H,1H3,(H2,20,21,22,23). The van der Waals surface area contributed by atoms with E-state index in [0.29, 0.717) is 17.0 Å². The highest BCUT2D eigenvalue weighted by molar-refractivity contribution is 6.14. The molecule has 2 N–H and O–H groups in total. The van der Waals surface area contributed by atoms with E-state index in [9.17, 15) is 9.59 Å². The van der Waals surface area contributed by atoms with Crippen molar-refractivity contribution in [1.82, 2.24) is 5.32 Å². The number of fused-ring (bicyclic) bond motifs is 1. The number of methoxy groups -OCH3 is 1. The maximum absolute atomic E-state index is 12.4. The van der Waals surface area contributed by atoms with Crippen LogP contribution in [0.1, 0.15) is 10.4 Å². The molecule has 0 saturated carbocycles. The molecule has 0 aromatic heterocycles. The zero-order valence-corrected chi connectivity index (χ0v) is 13.1. The van der Waals surface area contributed by atoms with Gasteiger partial charge in [0.15, 0.2) is 0 Å². The second kappa shape index (κ2) is 6.83. The topological polar surface area (TPSA) is 67.4 Å². The smallest absolute Gasteiger partial charge is 0.326 e. The SMILES string of the molecule is COc1ccccc1NC(=O)NC(=O)c1cccc2ccccc12. The Labute approximate surface area is 139 Å². The number of para-hydroxylation sites is 2. The van der Waals surface area contributed by atoms with Gasteiger partial charge >= 0.3 is 6.03 Å². The largest absolute Gasteiger partial charge is 0.495 e. The molecule has 120 valence electrons.